The van der Waals surface area contributed by atoms with Crippen molar-refractivity contribution in [2.45, 2.75) is 0 Å². The summed E-state index contributed by atoms with van der Waals surface area (Å²) in [6, 6.07) is 3.35. The molecule has 1 aromatic heterocycles. The molecule has 0 atom stereocenters. The lowest BCUT2D eigenvalue weighted by Gasteiger charge is -2.09. The van der Waals surface area contributed by atoms with Gasteiger partial charge in [0.2, 0.25) is 5.82 Å². The Hall–Kier alpha value is -1.52. The molecule has 0 unspecified atom stereocenters. The molecule has 0 saturated carbocycles. The Morgan fingerprint density at radius 2 is 2.00 bits per heavy atom. The van der Waals surface area contributed by atoms with Crippen LogP contribution < -0.4 is 5.32 Å². The zero-order chi connectivity index (χ0) is 14.7. The number of nitrogens with one attached hydrogen (secondary N) is 2. The molecule has 0 aliphatic heterocycles. The monoisotopic (exact) mass is 348 g/mol. The van der Waals surface area contributed by atoms with Crippen molar-refractivity contribution in [2.75, 3.05) is 5.32 Å². The first-order valence-electron chi connectivity index (χ1n) is 4.98. The van der Waals surface area contributed by atoms with Crippen LogP contribution in [0.5, 0.6) is 0 Å². The Morgan fingerprint density at radius 3 is 2.60 bits per heavy atom. The largest absolute Gasteiger partial charge is 0.358 e. The van der Waals surface area contributed by atoms with Crippen LogP contribution in [0, 0.1) is 11.3 Å². The van der Waals surface area contributed by atoms with E-state index in [1.54, 1.807) is 0 Å². The second kappa shape index (κ2) is 6.29. The fraction of sp³-hybridized carbons (Fsp3) is 0. The van der Waals surface area contributed by atoms with E-state index in [4.69, 9.17) is 51.7 Å². The van der Waals surface area contributed by atoms with Crippen molar-refractivity contribution in [3.05, 3.63) is 38.2 Å². The molecular formula is C10H4Cl4N6. The molecule has 0 amide bonds. The normalized spacial score (nSPS) is 11.2. The summed E-state index contributed by atoms with van der Waals surface area (Å²) in [6.45, 7) is 0. The first-order valence-corrected chi connectivity index (χ1v) is 6.49. The van der Waals surface area contributed by atoms with Crippen LogP contribution in [-0.4, -0.2) is 20.6 Å². The Labute approximate surface area is 133 Å². The minimum atomic E-state index is 0.132. The Morgan fingerprint density at radius 1 is 1.25 bits per heavy atom. The number of rotatable bonds is 3. The highest BCUT2D eigenvalue weighted by atomic mass is 35.5. The number of allylic oxidation sites excluding steroid dienone is 1. The summed E-state index contributed by atoms with van der Waals surface area (Å²) in [6.07, 6.45) is 1.34. The summed E-state index contributed by atoms with van der Waals surface area (Å²) >= 11 is 23.8. The van der Waals surface area contributed by atoms with Crippen LogP contribution in [0.3, 0.4) is 0 Å². The van der Waals surface area contributed by atoms with E-state index in [0.29, 0.717) is 5.69 Å². The third-order valence-corrected chi connectivity index (χ3v) is 3.74. The number of benzene rings is 1. The van der Waals surface area contributed by atoms with Gasteiger partial charge in [-0.05, 0) is 11.3 Å². The van der Waals surface area contributed by atoms with Gasteiger partial charge in [-0.1, -0.05) is 46.4 Å². The molecule has 0 radical (unpaired) electrons. The average Bonchev–Trinajstić information content (AvgIpc) is 2.94. The smallest absolute Gasteiger partial charge is 0.216 e. The van der Waals surface area contributed by atoms with Crippen LogP contribution in [0.15, 0.2) is 12.3 Å². The molecule has 0 aliphatic carbocycles. The number of nitrogens with zero attached hydrogens (tertiary/aromatic N) is 4. The Bertz CT molecular complexity index is 704. The summed E-state index contributed by atoms with van der Waals surface area (Å²) in [5.74, 6) is 0.132. The fourth-order valence-electron chi connectivity index (χ4n) is 1.27. The van der Waals surface area contributed by atoms with Crippen molar-refractivity contribution in [1.82, 2.24) is 20.6 Å². The second-order valence-corrected chi connectivity index (χ2v) is 4.96. The first kappa shape index (κ1) is 14.9. The molecule has 6 nitrogen and oxygen atoms in total. The molecule has 102 valence electrons. The van der Waals surface area contributed by atoms with Crippen molar-refractivity contribution >= 4 is 57.7 Å². The van der Waals surface area contributed by atoms with E-state index < -0.39 is 0 Å². The predicted molar refractivity (Wildman–Crippen MR) is 77.9 cm³/mol. The first-order chi connectivity index (χ1) is 9.54. The van der Waals surface area contributed by atoms with E-state index in [9.17, 15) is 0 Å². The van der Waals surface area contributed by atoms with Crippen molar-refractivity contribution in [3.8, 4) is 6.07 Å². The molecule has 0 spiro atoms. The van der Waals surface area contributed by atoms with Crippen molar-refractivity contribution < 1.29 is 0 Å². The van der Waals surface area contributed by atoms with E-state index in [2.05, 4.69) is 25.9 Å². The number of H-pyrrole nitrogens is 1. The van der Waals surface area contributed by atoms with Gasteiger partial charge < -0.3 is 5.32 Å². The highest BCUT2D eigenvalue weighted by Gasteiger charge is 2.14. The van der Waals surface area contributed by atoms with Gasteiger partial charge in [-0.25, -0.2) is 0 Å². The summed E-state index contributed by atoms with van der Waals surface area (Å²) in [7, 11) is 0. The lowest BCUT2D eigenvalue weighted by Crippen LogP contribution is -1.95. The molecule has 2 rings (SSSR count). The number of aromatic nitrogens is 4. The molecule has 2 aromatic rings. The van der Waals surface area contributed by atoms with Gasteiger partial charge in [-0.15, -0.1) is 10.2 Å². The SMILES string of the molecule is N#CC(=CNc1c(Cl)cc(Cl)c(Cl)c1Cl)c1nn[nH]n1. The lowest BCUT2D eigenvalue weighted by molar-refractivity contribution is 0.881. The topological polar surface area (TPSA) is 90.3 Å². The van der Waals surface area contributed by atoms with Crippen LogP contribution in [-0.2, 0) is 0 Å². The van der Waals surface area contributed by atoms with E-state index >= 15 is 0 Å². The van der Waals surface area contributed by atoms with Gasteiger partial charge in [0, 0.05) is 6.20 Å². The fourth-order valence-corrected chi connectivity index (χ4v) is 2.29. The molecule has 0 fully saturated rings. The third-order valence-electron chi connectivity index (χ3n) is 2.18. The van der Waals surface area contributed by atoms with Gasteiger partial charge in [0.1, 0.15) is 11.6 Å². The second-order valence-electron chi connectivity index (χ2n) is 3.39. The van der Waals surface area contributed by atoms with Gasteiger partial charge in [0.05, 0.1) is 25.8 Å². The maximum atomic E-state index is 9.02. The zero-order valence-corrected chi connectivity index (χ0v) is 12.5. The summed E-state index contributed by atoms with van der Waals surface area (Å²) < 4.78 is 0. The molecule has 0 aliphatic rings. The molecule has 1 heterocycles. The van der Waals surface area contributed by atoms with Gasteiger partial charge in [0.15, 0.2) is 0 Å². The summed E-state index contributed by atoms with van der Waals surface area (Å²) in [4.78, 5) is 0. The van der Waals surface area contributed by atoms with Crippen molar-refractivity contribution in [3.63, 3.8) is 0 Å². The molecule has 2 N–H and O–H groups in total. The number of tetrazole rings is 1. The highest BCUT2D eigenvalue weighted by Crippen LogP contribution is 2.41. The van der Waals surface area contributed by atoms with Crippen LogP contribution in [0.4, 0.5) is 5.69 Å². The molecule has 0 saturated heterocycles. The molecule has 10 heteroatoms. The number of anilines is 1. The minimum absolute atomic E-state index is 0.132. The standard InChI is InChI=1S/C10H4Cl4N6/c11-5-1-6(12)9(8(14)7(5)13)16-3-4(2-15)10-17-19-20-18-10/h1,3,16H,(H,17,18,19,20). The molecule has 20 heavy (non-hydrogen) atoms. The number of aromatic amines is 1. The van der Waals surface area contributed by atoms with E-state index in [1.807, 2.05) is 6.07 Å². The maximum absolute atomic E-state index is 9.02. The van der Waals surface area contributed by atoms with Crippen LogP contribution in [0.25, 0.3) is 5.57 Å². The van der Waals surface area contributed by atoms with Gasteiger partial charge in [0.25, 0.3) is 0 Å². The van der Waals surface area contributed by atoms with Gasteiger partial charge >= 0.3 is 0 Å². The molecule has 1 aromatic carbocycles. The molecule has 0 bridgehead atoms. The van der Waals surface area contributed by atoms with E-state index in [0.717, 1.165) is 0 Å². The molecular weight excluding hydrogens is 346 g/mol. The van der Waals surface area contributed by atoms with Crippen LogP contribution >= 0.6 is 46.4 Å². The zero-order valence-electron chi connectivity index (χ0n) is 9.46. The Balaban J connectivity index is 2.36. The van der Waals surface area contributed by atoms with Gasteiger partial charge in [-0.3, -0.25) is 0 Å². The lowest BCUT2D eigenvalue weighted by atomic mass is 10.3. The minimum Gasteiger partial charge on any atom is -0.358 e. The van der Waals surface area contributed by atoms with E-state index in [1.165, 1.54) is 12.3 Å². The van der Waals surface area contributed by atoms with Crippen molar-refractivity contribution in [2.24, 2.45) is 0 Å². The van der Waals surface area contributed by atoms with Crippen LogP contribution in [0.2, 0.25) is 20.1 Å². The third kappa shape index (κ3) is 2.97. The maximum Gasteiger partial charge on any atom is 0.216 e. The Kier molecular flexibility index (Phi) is 4.68. The van der Waals surface area contributed by atoms with Crippen molar-refractivity contribution in [1.29, 1.82) is 5.26 Å². The highest BCUT2D eigenvalue weighted by molar-refractivity contribution is 6.51. The number of hydrogen-bond acceptors (Lipinski definition) is 5. The quantitative estimate of drug-likeness (QED) is 0.499. The number of nitriles is 1. The number of hydrogen-bond donors (Lipinski definition) is 2. The predicted octanol–water partition coefficient (Wildman–Crippen LogP) is 3.79. The summed E-state index contributed by atoms with van der Waals surface area (Å²) in [5, 5.41) is 25.6. The number of halogens is 4. The van der Waals surface area contributed by atoms with E-state index in [-0.39, 0.29) is 31.5 Å². The summed E-state index contributed by atoms with van der Waals surface area (Å²) in [5.41, 5.74) is 0.455. The van der Waals surface area contributed by atoms with Crippen LogP contribution in [0.1, 0.15) is 5.82 Å². The average molecular weight is 350 g/mol. The van der Waals surface area contributed by atoms with Gasteiger partial charge in [-0.2, -0.15) is 10.5 Å².